The molecule has 0 fully saturated rings. The van der Waals surface area contributed by atoms with Crippen molar-refractivity contribution >= 4 is 40.8 Å². The van der Waals surface area contributed by atoms with Gasteiger partial charge in [0.2, 0.25) is 5.91 Å². The minimum absolute atomic E-state index is 0.146. The number of carbonyl (C=O) groups is 3. The van der Waals surface area contributed by atoms with E-state index < -0.39 is 18.5 Å². The summed E-state index contributed by atoms with van der Waals surface area (Å²) in [6.45, 7) is 2.81. The van der Waals surface area contributed by atoms with E-state index in [4.69, 9.17) is 21.1 Å². The highest BCUT2D eigenvalue weighted by Crippen LogP contribution is 2.31. The van der Waals surface area contributed by atoms with Crippen molar-refractivity contribution in [2.24, 2.45) is 0 Å². The van der Waals surface area contributed by atoms with Crippen LogP contribution in [0.2, 0.25) is 5.02 Å². The van der Waals surface area contributed by atoms with Crippen molar-refractivity contribution in [2.45, 2.75) is 26.3 Å². The lowest BCUT2D eigenvalue weighted by molar-refractivity contribution is -0.149. The molecule has 1 atom stereocenters. The van der Waals surface area contributed by atoms with Crippen molar-refractivity contribution in [1.82, 2.24) is 0 Å². The number of nitrogens with zero attached hydrogens (tertiary/aromatic N) is 1. The van der Waals surface area contributed by atoms with Gasteiger partial charge in [-0.1, -0.05) is 23.7 Å². The van der Waals surface area contributed by atoms with Crippen molar-refractivity contribution in [3.05, 3.63) is 53.1 Å². The summed E-state index contributed by atoms with van der Waals surface area (Å²) >= 11 is 5.96. The van der Waals surface area contributed by atoms with E-state index in [1.807, 2.05) is 6.92 Å². The van der Waals surface area contributed by atoms with Crippen LogP contribution >= 0.6 is 11.6 Å². The SMILES string of the molecule is Cc1cc(OCC(=O)OCC(=O)N2c3ccccc3NC(=O)C[C@H]2C)ccc1Cl. The minimum atomic E-state index is -0.670. The number of hydrogen-bond donors (Lipinski definition) is 1. The molecule has 0 saturated carbocycles. The first-order valence-electron chi connectivity index (χ1n) is 9.10. The molecule has 7 nitrogen and oxygen atoms in total. The van der Waals surface area contributed by atoms with Crippen molar-refractivity contribution in [2.75, 3.05) is 23.4 Å². The molecule has 0 aromatic heterocycles. The fraction of sp³-hybridized carbons (Fsp3) is 0.286. The number of carbonyl (C=O) groups excluding carboxylic acids is 3. The Bertz CT molecular complexity index is 946. The topological polar surface area (TPSA) is 84.9 Å². The number of aryl methyl sites for hydroxylation is 1. The summed E-state index contributed by atoms with van der Waals surface area (Å²) in [4.78, 5) is 38.2. The lowest BCUT2D eigenvalue weighted by Gasteiger charge is -2.27. The number of nitrogens with one attached hydrogen (secondary N) is 1. The standard InChI is InChI=1S/C21H21ClN2O5/c1-13-9-15(7-8-16(13)22)28-12-21(27)29-11-20(26)24-14(2)10-19(25)23-17-5-3-4-6-18(17)24/h3-9,14H,10-12H2,1-2H3,(H,23,25)/t14-/m1/s1. The van der Waals surface area contributed by atoms with Crippen LogP contribution in [0.3, 0.4) is 0 Å². The number of amides is 2. The predicted octanol–water partition coefficient (Wildman–Crippen LogP) is 3.33. The molecule has 2 amide bonds. The first kappa shape index (κ1) is 20.7. The van der Waals surface area contributed by atoms with E-state index in [2.05, 4.69) is 5.32 Å². The largest absolute Gasteiger partial charge is 0.482 e. The predicted molar refractivity (Wildman–Crippen MR) is 109 cm³/mol. The molecule has 1 heterocycles. The fourth-order valence-electron chi connectivity index (χ4n) is 3.07. The van der Waals surface area contributed by atoms with Crippen LogP contribution in [0.4, 0.5) is 11.4 Å². The van der Waals surface area contributed by atoms with Crippen LogP contribution in [0, 0.1) is 6.92 Å². The maximum atomic E-state index is 12.7. The Morgan fingerprint density at radius 3 is 2.72 bits per heavy atom. The van der Waals surface area contributed by atoms with Crippen molar-refractivity contribution < 1.29 is 23.9 Å². The Morgan fingerprint density at radius 2 is 1.97 bits per heavy atom. The van der Waals surface area contributed by atoms with Crippen LogP contribution in [0.25, 0.3) is 0 Å². The average Bonchev–Trinajstić information content (AvgIpc) is 2.81. The highest BCUT2D eigenvalue weighted by Gasteiger charge is 2.30. The molecule has 2 aromatic carbocycles. The Hall–Kier alpha value is -3.06. The van der Waals surface area contributed by atoms with E-state index in [-0.39, 0.29) is 25.0 Å². The van der Waals surface area contributed by atoms with Crippen LogP contribution in [0.1, 0.15) is 18.9 Å². The van der Waals surface area contributed by atoms with Crippen LogP contribution in [0.5, 0.6) is 5.75 Å². The van der Waals surface area contributed by atoms with Gasteiger partial charge >= 0.3 is 5.97 Å². The summed E-state index contributed by atoms with van der Waals surface area (Å²) < 4.78 is 10.5. The van der Waals surface area contributed by atoms with Gasteiger partial charge in [0.1, 0.15) is 5.75 Å². The normalized spacial score (nSPS) is 15.8. The number of ether oxygens (including phenoxy) is 2. The Morgan fingerprint density at radius 1 is 1.21 bits per heavy atom. The zero-order valence-corrected chi connectivity index (χ0v) is 16.9. The van der Waals surface area contributed by atoms with E-state index in [0.29, 0.717) is 22.1 Å². The summed E-state index contributed by atoms with van der Waals surface area (Å²) in [6.07, 6.45) is 0.146. The van der Waals surface area contributed by atoms with Crippen molar-refractivity contribution in [3.63, 3.8) is 0 Å². The highest BCUT2D eigenvalue weighted by atomic mass is 35.5. The van der Waals surface area contributed by atoms with Crippen molar-refractivity contribution in [3.8, 4) is 5.75 Å². The number of esters is 1. The third kappa shape index (κ3) is 5.06. The summed E-state index contributed by atoms with van der Waals surface area (Å²) in [5, 5.41) is 3.38. The van der Waals surface area contributed by atoms with E-state index in [0.717, 1.165) is 5.56 Å². The number of halogens is 1. The molecule has 2 aromatic rings. The summed E-state index contributed by atoms with van der Waals surface area (Å²) in [6, 6.07) is 11.7. The Labute approximate surface area is 173 Å². The van der Waals surface area contributed by atoms with Gasteiger partial charge in [-0.2, -0.15) is 0 Å². The first-order chi connectivity index (χ1) is 13.8. The van der Waals surface area contributed by atoms with Gasteiger partial charge in [0.25, 0.3) is 5.91 Å². The number of anilines is 2. The van der Waals surface area contributed by atoms with Gasteiger partial charge < -0.3 is 19.7 Å². The second-order valence-electron chi connectivity index (χ2n) is 6.74. The van der Waals surface area contributed by atoms with E-state index in [9.17, 15) is 14.4 Å². The molecule has 8 heteroatoms. The third-order valence-corrected chi connectivity index (χ3v) is 4.89. The van der Waals surface area contributed by atoms with Gasteiger partial charge in [0, 0.05) is 17.5 Å². The Kier molecular flexibility index (Phi) is 6.39. The molecule has 1 aliphatic heterocycles. The van der Waals surface area contributed by atoms with E-state index in [1.54, 1.807) is 49.4 Å². The first-order valence-corrected chi connectivity index (χ1v) is 9.48. The van der Waals surface area contributed by atoms with E-state index >= 15 is 0 Å². The molecule has 0 saturated heterocycles. The third-order valence-electron chi connectivity index (χ3n) is 4.47. The molecule has 152 valence electrons. The summed E-state index contributed by atoms with van der Waals surface area (Å²) in [5.41, 5.74) is 1.94. The zero-order chi connectivity index (χ0) is 21.0. The molecular formula is C21H21ClN2O5. The fourth-order valence-corrected chi connectivity index (χ4v) is 3.19. The summed E-state index contributed by atoms with van der Waals surface area (Å²) in [7, 11) is 0. The highest BCUT2D eigenvalue weighted by molar-refractivity contribution is 6.31. The lowest BCUT2D eigenvalue weighted by atomic mass is 10.1. The molecular weight excluding hydrogens is 396 g/mol. The molecule has 3 rings (SSSR count). The molecule has 1 N–H and O–H groups in total. The molecule has 0 spiro atoms. The van der Waals surface area contributed by atoms with Crippen LogP contribution in [-0.4, -0.2) is 37.0 Å². The quantitative estimate of drug-likeness (QED) is 0.755. The molecule has 1 aliphatic rings. The number of hydrogen-bond acceptors (Lipinski definition) is 5. The number of rotatable bonds is 5. The van der Waals surface area contributed by atoms with Crippen LogP contribution in [-0.2, 0) is 19.1 Å². The second kappa shape index (κ2) is 8.96. The maximum Gasteiger partial charge on any atom is 0.344 e. The van der Waals surface area contributed by atoms with E-state index in [1.165, 1.54) is 4.90 Å². The molecule has 0 radical (unpaired) electrons. The molecule has 0 aliphatic carbocycles. The molecule has 0 bridgehead atoms. The number of para-hydroxylation sites is 2. The van der Waals surface area contributed by atoms with Gasteiger partial charge in [-0.25, -0.2) is 4.79 Å². The monoisotopic (exact) mass is 416 g/mol. The smallest absolute Gasteiger partial charge is 0.344 e. The van der Waals surface area contributed by atoms with Gasteiger partial charge in [0.15, 0.2) is 13.2 Å². The van der Waals surface area contributed by atoms with Crippen LogP contribution in [0.15, 0.2) is 42.5 Å². The molecule has 29 heavy (non-hydrogen) atoms. The lowest BCUT2D eigenvalue weighted by Crippen LogP contribution is -2.41. The number of benzene rings is 2. The average molecular weight is 417 g/mol. The van der Waals surface area contributed by atoms with Gasteiger partial charge in [0.05, 0.1) is 11.4 Å². The maximum absolute atomic E-state index is 12.7. The molecule has 0 unspecified atom stereocenters. The van der Waals surface area contributed by atoms with Gasteiger partial charge in [-0.15, -0.1) is 0 Å². The zero-order valence-electron chi connectivity index (χ0n) is 16.1. The van der Waals surface area contributed by atoms with Crippen molar-refractivity contribution in [1.29, 1.82) is 0 Å². The van der Waals surface area contributed by atoms with Gasteiger partial charge in [-0.05, 0) is 49.7 Å². The number of fused-ring (bicyclic) bond motifs is 1. The minimum Gasteiger partial charge on any atom is -0.482 e. The second-order valence-corrected chi connectivity index (χ2v) is 7.15. The van der Waals surface area contributed by atoms with Crippen LogP contribution < -0.4 is 15.0 Å². The Balaban J connectivity index is 1.60. The summed E-state index contributed by atoms with van der Waals surface area (Å²) in [5.74, 6) is -0.785. The van der Waals surface area contributed by atoms with Gasteiger partial charge in [-0.3, -0.25) is 9.59 Å².